The largest absolute Gasteiger partial charge is 0.382 e. The van der Waals surface area contributed by atoms with Crippen molar-refractivity contribution in [2.75, 3.05) is 6.26 Å². The number of hydrogen-bond donors (Lipinski definition) is 1. The van der Waals surface area contributed by atoms with E-state index in [9.17, 15) is 22.3 Å². The van der Waals surface area contributed by atoms with Crippen LogP contribution in [0.1, 0.15) is 12.5 Å². The van der Waals surface area contributed by atoms with Crippen molar-refractivity contribution in [3.05, 3.63) is 72.3 Å². The Balaban J connectivity index is 1.61. The number of aromatic nitrogens is 5. The molecule has 2 aromatic carbocycles. The van der Waals surface area contributed by atoms with Crippen molar-refractivity contribution < 1.29 is 22.3 Å². The summed E-state index contributed by atoms with van der Waals surface area (Å²) in [5.74, 6) is -1.23. The highest BCUT2D eigenvalue weighted by atomic mass is 32.2. The van der Waals surface area contributed by atoms with Gasteiger partial charge in [0.1, 0.15) is 29.9 Å². The molecule has 178 valence electrons. The normalized spacial score (nSPS) is 14.6. The molecule has 2 aromatic heterocycles. The van der Waals surface area contributed by atoms with E-state index in [0.717, 1.165) is 29.9 Å². The maximum absolute atomic E-state index is 14.7. The molecular weight excluding hydrogens is 504 g/mol. The number of nitrogens with zero attached hydrogens (tertiary/aromatic N) is 5. The Hall–Kier alpha value is -2.74. The van der Waals surface area contributed by atoms with Crippen LogP contribution >= 0.6 is 23.3 Å². The number of rotatable bonds is 8. The minimum absolute atomic E-state index is 0.0782. The van der Waals surface area contributed by atoms with Gasteiger partial charge in [0.05, 0.1) is 11.4 Å². The average Bonchev–Trinajstić information content (AvgIpc) is 3.45. The Bertz CT molecular complexity index is 1400. The molecule has 0 fully saturated rings. The Morgan fingerprint density at radius 3 is 2.56 bits per heavy atom. The summed E-state index contributed by atoms with van der Waals surface area (Å²) in [6, 6.07) is 9.22. The summed E-state index contributed by atoms with van der Waals surface area (Å²) in [4.78, 5) is 8.52. The van der Waals surface area contributed by atoms with Crippen molar-refractivity contribution in [3.8, 4) is 11.4 Å². The van der Waals surface area contributed by atoms with Gasteiger partial charge in [-0.15, -0.1) is 0 Å². The molecule has 8 nitrogen and oxygen atoms in total. The first-order valence-electron chi connectivity index (χ1n) is 9.87. The number of aliphatic hydroxyl groups is 1. The standard InChI is InChI=1S/C21H19F2N5O3S3/c1-13(21(29,10-28-12-24-11-25-28)17-8-5-15(22)9-18(17)23)32-20-26-19(27-33-20)14-3-6-16(7-4-14)34(2,30)31/h3-9,11-13,29H,10H2,1-2H3. The second kappa shape index (κ2) is 9.49. The van der Waals surface area contributed by atoms with E-state index in [1.807, 2.05) is 0 Å². The molecule has 0 bridgehead atoms. The van der Waals surface area contributed by atoms with Crippen LogP contribution < -0.4 is 0 Å². The lowest BCUT2D eigenvalue weighted by Crippen LogP contribution is -2.41. The Morgan fingerprint density at radius 2 is 1.94 bits per heavy atom. The van der Waals surface area contributed by atoms with Crippen LogP contribution in [0.25, 0.3) is 11.4 Å². The molecule has 0 amide bonds. The quantitative estimate of drug-likeness (QED) is 0.349. The van der Waals surface area contributed by atoms with Crippen LogP contribution in [0.2, 0.25) is 0 Å². The molecular formula is C21H19F2N5O3S3. The molecule has 1 N–H and O–H groups in total. The summed E-state index contributed by atoms with van der Waals surface area (Å²) in [7, 11) is -3.32. The maximum Gasteiger partial charge on any atom is 0.175 e. The van der Waals surface area contributed by atoms with Gasteiger partial charge in [-0.2, -0.15) is 9.47 Å². The first-order valence-corrected chi connectivity index (χ1v) is 13.4. The first-order chi connectivity index (χ1) is 16.1. The summed E-state index contributed by atoms with van der Waals surface area (Å²) in [6.07, 6.45) is 3.82. The molecule has 0 aliphatic heterocycles. The fourth-order valence-corrected chi connectivity index (χ4v) is 5.93. The van der Waals surface area contributed by atoms with Gasteiger partial charge in [-0.3, -0.25) is 0 Å². The summed E-state index contributed by atoms with van der Waals surface area (Å²) in [5.41, 5.74) is -1.23. The lowest BCUT2D eigenvalue weighted by Gasteiger charge is -2.33. The van der Waals surface area contributed by atoms with Crippen molar-refractivity contribution in [2.24, 2.45) is 0 Å². The van der Waals surface area contributed by atoms with E-state index in [0.29, 0.717) is 15.7 Å². The summed E-state index contributed by atoms with van der Waals surface area (Å²) in [5, 5.41) is 15.0. The fourth-order valence-electron chi connectivity index (χ4n) is 3.31. The van der Waals surface area contributed by atoms with Crippen LogP contribution in [-0.2, 0) is 22.0 Å². The highest BCUT2D eigenvalue weighted by Gasteiger charge is 2.40. The van der Waals surface area contributed by atoms with Gasteiger partial charge in [0.15, 0.2) is 20.0 Å². The molecule has 0 spiro atoms. The number of sulfone groups is 1. The summed E-state index contributed by atoms with van der Waals surface area (Å²) in [6.45, 7) is 1.58. The predicted octanol–water partition coefficient (Wildman–Crippen LogP) is 3.55. The van der Waals surface area contributed by atoms with Gasteiger partial charge in [-0.25, -0.2) is 31.8 Å². The molecule has 2 heterocycles. The smallest absolute Gasteiger partial charge is 0.175 e. The van der Waals surface area contributed by atoms with Crippen molar-refractivity contribution >= 4 is 33.1 Å². The molecule has 0 saturated heterocycles. The minimum atomic E-state index is -3.32. The Morgan fingerprint density at radius 1 is 1.21 bits per heavy atom. The fraction of sp³-hybridized carbons (Fsp3) is 0.238. The second-order valence-electron chi connectivity index (χ2n) is 7.58. The third-order valence-corrected chi connectivity index (χ3v) is 8.35. The zero-order valence-corrected chi connectivity index (χ0v) is 20.4. The van der Waals surface area contributed by atoms with Gasteiger partial charge in [0.25, 0.3) is 0 Å². The van der Waals surface area contributed by atoms with Gasteiger partial charge in [0, 0.05) is 28.7 Å². The predicted molar refractivity (Wildman–Crippen MR) is 124 cm³/mol. The average molecular weight is 524 g/mol. The van der Waals surface area contributed by atoms with Crippen LogP contribution in [0.4, 0.5) is 8.78 Å². The number of thioether (sulfide) groups is 1. The van der Waals surface area contributed by atoms with E-state index in [1.165, 1.54) is 47.3 Å². The highest BCUT2D eigenvalue weighted by molar-refractivity contribution is 8.01. The molecule has 2 atom stereocenters. The van der Waals surface area contributed by atoms with Gasteiger partial charge in [-0.1, -0.05) is 17.8 Å². The summed E-state index contributed by atoms with van der Waals surface area (Å²) >= 11 is 2.27. The van der Waals surface area contributed by atoms with Crippen LogP contribution in [0.5, 0.6) is 0 Å². The van der Waals surface area contributed by atoms with E-state index in [2.05, 4.69) is 19.4 Å². The molecule has 0 radical (unpaired) electrons. The SMILES string of the molecule is CC(Sc1nc(-c2ccc(S(C)(=O)=O)cc2)ns1)C(O)(Cn1cncn1)c1ccc(F)cc1F. The Kier molecular flexibility index (Phi) is 6.80. The lowest BCUT2D eigenvalue weighted by molar-refractivity contribution is 0.0133. The molecule has 13 heteroatoms. The number of benzene rings is 2. The molecule has 0 saturated carbocycles. The van der Waals surface area contributed by atoms with Crippen molar-refractivity contribution in [3.63, 3.8) is 0 Å². The van der Waals surface area contributed by atoms with Gasteiger partial charge >= 0.3 is 0 Å². The van der Waals surface area contributed by atoms with Crippen LogP contribution in [0.15, 0.2) is 64.4 Å². The Labute approximate surface area is 202 Å². The van der Waals surface area contributed by atoms with E-state index in [-0.39, 0.29) is 17.0 Å². The van der Waals surface area contributed by atoms with Crippen LogP contribution in [-0.4, -0.2) is 49.2 Å². The van der Waals surface area contributed by atoms with Crippen LogP contribution in [0.3, 0.4) is 0 Å². The minimum Gasteiger partial charge on any atom is -0.382 e. The lowest BCUT2D eigenvalue weighted by atomic mass is 9.90. The number of hydrogen-bond acceptors (Lipinski definition) is 9. The summed E-state index contributed by atoms with van der Waals surface area (Å²) < 4.78 is 57.7. The molecule has 34 heavy (non-hydrogen) atoms. The molecule has 0 aliphatic carbocycles. The van der Waals surface area contributed by atoms with E-state index in [4.69, 9.17) is 0 Å². The van der Waals surface area contributed by atoms with E-state index >= 15 is 0 Å². The second-order valence-corrected chi connectivity index (χ2v) is 11.9. The zero-order chi connectivity index (χ0) is 24.5. The number of halogens is 2. The van der Waals surface area contributed by atoms with Crippen molar-refractivity contribution in [2.45, 2.75) is 33.6 Å². The molecule has 4 rings (SSSR count). The molecule has 2 unspecified atom stereocenters. The van der Waals surface area contributed by atoms with Crippen molar-refractivity contribution in [1.82, 2.24) is 24.1 Å². The maximum atomic E-state index is 14.7. The van der Waals surface area contributed by atoms with Gasteiger partial charge < -0.3 is 5.11 Å². The van der Waals surface area contributed by atoms with E-state index in [1.54, 1.807) is 19.1 Å². The van der Waals surface area contributed by atoms with Gasteiger partial charge in [0.2, 0.25) is 0 Å². The van der Waals surface area contributed by atoms with Crippen LogP contribution in [0, 0.1) is 11.6 Å². The highest BCUT2D eigenvalue weighted by Crippen LogP contribution is 2.40. The third-order valence-electron chi connectivity index (χ3n) is 5.17. The molecule has 4 aromatic rings. The monoisotopic (exact) mass is 523 g/mol. The van der Waals surface area contributed by atoms with Gasteiger partial charge in [-0.05, 0) is 48.8 Å². The molecule has 0 aliphatic rings. The van der Waals surface area contributed by atoms with Crippen molar-refractivity contribution in [1.29, 1.82) is 0 Å². The topological polar surface area (TPSA) is 111 Å². The third kappa shape index (κ3) is 5.17. The first kappa shape index (κ1) is 24.4. The zero-order valence-electron chi connectivity index (χ0n) is 18.0. The van der Waals surface area contributed by atoms with E-state index < -0.39 is 32.3 Å².